The van der Waals surface area contributed by atoms with Gasteiger partial charge in [-0.2, -0.15) is 0 Å². The van der Waals surface area contributed by atoms with E-state index in [0.717, 1.165) is 24.6 Å². The molecule has 0 spiro atoms. The van der Waals surface area contributed by atoms with Crippen LogP contribution in [0.1, 0.15) is 5.56 Å². The number of hydrogen-bond donors (Lipinski definition) is 2. The lowest BCUT2D eigenvalue weighted by Gasteiger charge is -2.12. The standard InChI is InChI=1S/C20H22FN5O.HI/c1-22-20(23-9-12-26-10-2-3-11-26)25-15-16-7-8-19(24-14-16)27-18-6-4-5-17(21)13-18;/h2-8,10-11,13-14H,9,12,15H2,1H3,(H2,22,23,25);1H. The van der Waals surface area contributed by atoms with E-state index in [-0.39, 0.29) is 29.8 Å². The SMILES string of the molecule is CN=C(NCCn1cccc1)NCc1ccc(Oc2cccc(F)c2)nc1.I. The van der Waals surface area contributed by atoms with Crippen molar-refractivity contribution in [3.63, 3.8) is 0 Å². The van der Waals surface area contributed by atoms with Crippen molar-refractivity contribution >= 4 is 29.9 Å². The van der Waals surface area contributed by atoms with E-state index in [4.69, 9.17) is 4.74 Å². The summed E-state index contributed by atoms with van der Waals surface area (Å²) < 4.78 is 20.8. The van der Waals surface area contributed by atoms with Gasteiger partial charge in [-0.05, 0) is 29.8 Å². The lowest BCUT2D eigenvalue weighted by Crippen LogP contribution is -2.38. The van der Waals surface area contributed by atoms with E-state index in [1.807, 2.05) is 30.6 Å². The van der Waals surface area contributed by atoms with E-state index in [0.29, 0.717) is 18.2 Å². The number of guanidine groups is 1. The zero-order valence-electron chi connectivity index (χ0n) is 15.5. The van der Waals surface area contributed by atoms with Crippen LogP contribution < -0.4 is 15.4 Å². The highest BCUT2D eigenvalue weighted by Gasteiger charge is 2.02. The molecule has 3 aromatic rings. The van der Waals surface area contributed by atoms with Gasteiger partial charge in [-0.3, -0.25) is 4.99 Å². The number of nitrogens with zero attached hydrogens (tertiary/aromatic N) is 3. The molecule has 0 saturated heterocycles. The molecule has 0 aliphatic carbocycles. The van der Waals surface area contributed by atoms with Gasteiger partial charge in [0, 0.05) is 57.4 Å². The number of rotatable bonds is 7. The molecular formula is C20H23FIN5O. The smallest absolute Gasteiger partial charge is 0.219 e. The second-order valence-electron chi connectivity index (χ2n) is 5.84. The molecule has 0 unspecified atom stereocenters. The van der Waals surface area contributed by atoms with Crippen LogP contribution in [0.25, 0.3) is 0 Å². The molecule has 0 atom stereocenters. The number of aromatic nitrogens is 2. The second-order valence-corrected chi connectivity index (χ2v) is 5.84. The van der Waals surface area contributed by atoms with Crippen LogP contribution in [0, 0.1) is 5.82 Å². The third kappa shape index (κ3) is 6.84. The molecule has 0 saturated carbocycles. The molecule has 3 rings (SSSR count). The van der Waals surface area contributed by atoms with Crippen LogP contribution >= 0.6 is 24.0 Å². The van der Waals surface area contributed by atoms with Crippen LogP contribution in [0.2, 0.25) is 0 Å². The Morgan fingerprint density at radius 3 is 2.64 bits per heavy atom. The highest BCUT2D eigenvalue weighted by Crippen LogP contribution is 2.19. The normalized spacial score (nSPS) is 10.9. The summed E-state index contributed by atoms with van der Waals surface area (Å²) >= 11 is 0. The Morgan fingerprint density at radius 2 is 1.96 bits per heavy atom. The van der Waals surface area contributed by atoms with Gasteiger partial charge < -0.3 is 19.9 Å². The zero-order valence-corrected chi connectivity index (χ0v) is 17.8. The van der Waals surface area contributed by atoms with Gasteiger partial charge in [0.2, 0.25) is 5.88 Å². The molecule has 0 aliphatic heterocycles. The summed E-state index contributed by atoms with van der Waals surface area (Å²) in [5, 5.41) is 6.51. The number of ether oxygens (including phenoxy) is 1. The van der Waals surface area contributed by atoms with Crippen molar-refractivity contribution in [2.24, 2.45) is 4.99 Å². The number of aliphatic imine (C=N–C) groups is 1. The van der Waals surface area contributed by atoms with Crippen molar-refractivity contribution < 1.29 is 9.13 Å². The lowest BCUT2D eigenvalue weighted by molar-refractivity contribution is 0.457. The molecule has 0 amide bonds. The van der Waals surface area contributed by atoms with Crippen LogP contribution in [0.15, 0.2) is 72.1 Å². The van der Waals surface area contributed by atoms with Crippen molar-refractivity contribution in [3.05, 3.63) is 78.5 Å². The van der Waals surface area contributed by atoms with Crippen molar-refractivity contribution in [2.75, 3.05) is 13.6 Å². The van der Waals surface area contributed by atoms with Crippen LogP contribution in [0.4, 0.5) is 4.39 Å². The molecule has 2 N–H and O–H groups in total. The predicted molar refractivity (Wildman–Crippen MR) is 119 cm³/mol. The Hall–Kier alpha value is -2.62. The van der Waals surface area contributed by atoms with Gasteiger partial charge in [0.1, 0.15) is 11.6 Å². The summed E-state index contributed by atoms with van der Waals surface area (Å²) in [6, 6.07) is 13.6. The summed E-state index contributed by atoms with van der Waals surface area (Å²) in [4.78, 5) is 8.46. The van der Waals surface area contributed by atoms with Gasteiger partial charge in [0.15, 0.2) is 5.96 Å². The van der Waals surface area contributed by atoms with Crippen molar-refractivity contribution in [1.29, 1.82) is 0 Å². The summed E-state index contributed by atoms with van der Waals surface area (Å²) in [5.41, 5.74) is 0.981. The molecule has 28 heavy (non-hydrogen) atoms. The molecule has 0 aliphatic rings. The molecule has 2 heterocycles. The van der Waals surface area contributed by atoms with Gasteiger partial charge in [-0.25, -0.2) is 9.37 Å². The number of hydrogen-bond acceptors (Lipinski definition) is 3. The van der Waals surface area contributed by atoms with Gasteiger partial charge in [-0.15, -0.1) is 24.0 Å². The highest BCUT2D eigenvalue weighted by molar-refractivity contribution is 14.0. The first-order chi connectivity index (χ1) is 13.2. The van der Waals surface area contributed by atoms with E-state index in [9.17, 15) is 4.39 Å². The fourth-order valence-electron chi connectivity index (χ4n) is 2.46. The van der Waals surface area contributed by atoms with Gasteiger partial charge in [0.25, 0.3) is 0 Å². The minimum absolute atomic E-state index is 0. The highest BCUT2D eigenvalue weighted by atomic mass is 127. The second kappa shape index (κ2) is 11.3. The van der Waals surface area contributed by atoms with E-state index in [1.54, 1.807) is 31.4 Å². The topological polar surface area (TPSA) is 63.5 Å². The summed E-state index contributed by atoms with van der Waals surface area (Å²) in [6.07, 6.45) is 5.77. The van der Waals surface area contributed by atoms with Gasteiger partial charge in [0.05, 0.1) is 0 Å². The third-order valence-electron chi connectivity index (χ3n) is 3.83. The Kier molecular flexibility index (Phi) is 8.73. The quantitative estimate of drug-likeness (QED) is 0.298. The Morgan fingerprint density at radius 1 is 1.14 bits per heavy atom. The zero-order chi connectivity index (χ0) is 18.9. The van der Waals surface area contributed by atoms with E-state index < -0.39 is 0 Å². The van der Waals surface area contributed by atoms with Crippen LogP contribution in [-0.4, -0.2) is 29.1 Å². The molecule has 0 radical (unpaired) electrons. The molecule has 148 valence electrons. The minimum Gasteiger partial charge on any atom is -0.439 e. The monoisotopic (exact) mass is 495 g/mol. The minimum atomic E-state index is -0.344. The summed E-state index contributed by atoms with van der Waals surface area (Å²) in [5.74, 6) is 1.21. The molecule has 0 bridgehead atoms. The third-order valence-corrected chi connectivity index (χ3v) is 3.83. The molecule has 0 fully saturated rings. The average molecular weight is 495 g/mol. The molecule has 6 nitrogen and oxygen atoms in total. The first-order valence-corrected chi connectivity index (χ1v) is 8.66. The van der Waals surface area contributed by atoms with Crippen LogP contribution in [0.3, 0.4) is 0 Å². The first kappa shape index (κ1) is 21.7. The Labute approximate surface area is 180 Å². The molecule has 2 aromatic heterocycles. The molecular weight excluding hydrogens is 472 g/mol. The lowest BCUT2D eigenvalue weighted by atomic mass is 10.3. The van der Waals surface area contributed by atoms with Crippen molar-refractivity contribution in [2.45, 2.75) is 13.1 Å². The van der Waals surface area contributed by atoms with Crippen LogP contribution in [0.5, 0.6) is 11.6 Å². The van der Waals surface area contributed by atoms with E-state index in [2.05, 4.69) is 25.2 Å². The Balaban J connectivity index is 0.00000280. The molecule has 8 heteroatoms. The Bertz CT molecular complexity index is 869. The summed E-state index contributed by atoms with van der Waals surface area (Å²) in [7, 11) is 1.74. The van der Waals surface area contributed by atoms with Crippen molar-refractivity contribution in [3.8, 4) is 11.6 Å². The number of benzene rings is 1. The predicted octanol–water partition coefficient (Wildman–Crippen LogP) is 3.80. The number of halogens is 2. The van der Waals surface area contributed by atoms with E-state index >= 15 is 0 Å². The number of pyridine rings is 1. The maximum Gasteiger partial charge on any atom is 0.219 e. The maximum atomic E-state index is 13.2. The molecule has 1 aromatic carbocycles. The maximum absolute atomic E-state index is 13.2. The van der Waals surface area contributed by atoms with Gasteiger partial charge >= 0.3 is 0 Å². The summed E-state index contributed by atoms with van der Waals surface area (Å²) in [6.45, 7) is 2.21. The fraction of sp³-hybridized carbons (Fsp3) is 0.200. The van der Waals surface area contributed by atoms with Crippen LogP contribution in [-0.2, 0) is 13.1 Å². The first-order valence-electron chi connectivity index (χ1n) is 8.66. The average Bonchev–Trinajstić information content (AvgIpc) is 3.19. The number of nitrogens with one attached hydrogen (secondary N) is 2. The van der Waals surface area contributed by atoms with Gasteiger partial charge in [-0.1, -0.05) is 12.1 Å². The fourth-order valence-corrected chi connectivity index (χ4v) is 2.46. The van der Waals surface area contributed by atoms with Crippen molar-refractivity contribution in [1.82, 2.24) is 20.2 Å². The van der Waals surface area contributed by atoms with E-state index in [1.165, 1.54) is 12.1 Å². The largest absolute Gasteiger partial charge is 0.439 e.